The molecule has 21 heavy (non-hydrogen) atoms. The number of benzene rings is 2. The minimum atomic E-state index is -4.52. The molecule has 0 spiro atoms. The van der Waals surface area contributed by atoms with Crippen LogP contribution in [0, 0.1) is 6.92 Å². The molecule has 2 N–H and O–H groups in total. The summed E-state index contributed by atoms with van der Waals surface area (Å²) in [6, 6.07) is 8.57. The van der Waals surface area contributed by atoms with Gasteiger partial charge in [-0.3, -0.25) is 0 Å². The molecular formula is C15H13ClF3NO. The van der Waals surface area contributed by atoms with Gasteiger partial charge in [0.25, 0.3) is 0 Å². The van der Waals surface area contributed by atoms with Gasteiger partial charge < -0.3 is 10.5 Å². The summed E-state index contributed by atoms with van der Waals surface area (Å²) in [5.74, 6) is 0.0126. The van der Waals surface area contributed by atoms with E-state index in [9.17, 15) is 13.2 Å². The number of halogens is 4. The molecule has 0 amide bonds. The topological polar surface area (TPSA) is 35.2 Å². The molecule has 2 rings (SSSR count). The minimum absolute atomic E-state index is 0.0273. The van der Waals surface area contributed by atoms with Crippen molar-refractivity contribution >= 4 is 11.6 Å². The Morgan fingerprint density at radius 3 is 2.43 bits per heavy atom. The molecule has 0 saturated carbocycles. The van der Waals surface area contributed by atoms with Crippen LogP contribution >= 0.6 is 11.6 Å². The van der Waals surface area contributed by atoms with E-state index in [4.69, 9.17) is 22.1 Å². The number of hydrogen-bond acceptors (Lipinski definition) is 2. The van der Waals surface area contributed by atoms with Gasteiger partial charge in [-0.05, 0) is 42.3 Å². The SMILES string of the molecule is Cc1ccc(Cl)cc1Oc1ccc(CN)cc1C(F)(F)F. The lowest BCUT2D eigenvalue weighted by Crippen LogP contribution is -2.09. The Hall–Kier alpha value is -1.72. The van der Waals surface area contributed by atoms with Gasteiger partial charge in [0, 0.05) is 11.6 Å². The molecule has 0 aromatic heterocycles. The maximum absolute atomic E-state index is 13.1. The quantitative estimate of drug-likeness (QED) is 0.872. The van der Waals surface area contributed by atoms with Gasteiger partial charge in [0.05, 0.1) is 5.56 Å². The zero-order valence-electron chi connectivity index (χ0n) is 11.2. The monoisotopic (exact) mass is 315 g/mol. The lowest BCUT2D eigenvalue weighted by molar-refractivity contribution is -0.138. The highest BCUT2D eigenvalue weighted by molar-refractivity contribution is 6.30. The predicted octanol–water partition coefficient (Wildman–Crippen LogP) is 4.92. The van der Waals surface area contributed by atoms with Crippen LogP contribution < -0.4 is 10.5 Å². The summed E-state index contributed by atoms with van der Waals surface area (Å²) < 4.78 is 44.7. The van der Waals surface area contributed by atoms with Crippen molar-refractivity contribution in [2.45, 2.75) is 19.6 Å². The van der Waals surface area contributed by atoms with Crippen LogP contribution in [0.1, 0.15) is 16.7 Å². The first kappa shape index (κ1) is 15.7. The van der Waals surface area contributed by atoms with Gasteiger partial charge in [0.15, 0.2) is 0 Å². The van der Waals surface area contributed by atoms with Crippen molar-refractivity contribution in [3.63, 3.8) is 0 Å². The molecule has 0 saturated heterocycles. The first-order valence-corrected chi connectivity index (χ1v) is 6.53. The largest absolute Gasteiger partial charge is 0.456 e. The molecule has 0 aliphatic carbocycles. The molecule has 0 heterocycles. The number of nitrogens with two attached hydrogens (primary N) is 1. The average molecular weight is 316 g/mol. The number of rotatable bonds is 3. The fraction of sp³-hybridized carbons (Fsp3) is 0.200. The van der Waals surface area contributed by atoms with Crippen LogP contribution in [-0.4, -0.2) is 0 Å². The van der Waals surface area contributed by atoms with E-state index in [0.717, 1.165) is 6.07 Å². The maximum atomic E-state index is 13.1. The number of ether oxygens (including phenoxy) is 1. The summed E-state index contributed by atoms with van der Waals surface area (Å²) in [5.41, 5.74) is 5.60. The van der Waals surface area contributed by atoms with Crippen LogP contribution in [0.2, 0.25) is 5.02 Å². The first-order valence-electron chi connectivity index (χ1n) is 6.15. The summed E-state index contributed by atoms with van der Waals surface area (Å²) >= 11 is 5.84. The van der Waals surface area contributed by atoms with E-state index >= 15 is 0 Å². The summed E-state index contributed by atoms with van der Waals surface area (Å²) in [4.78, 5) is 0. The van der Waals surface area contributed by atoms with Crippen molar-refractivity contribution in [3.05, 3.63) is 58.1 Å². The number of alkyl halides is 3. The van der Waals surface area contributed by atoms with Crippen LogP contribution in [-0.2, 0) is 12.7 Å². The highest BCUT2D eigenvalue weighted by Gasteiger charge is 2.34. The highest BCUT2D eigenvalue weighted by Crippen LogP contribution is 2.39. The van der Waals surface area contributed by atoms with Crippen LogP contribution in [0.3, 0.4) is 0 Å². The van der Waals surface area contributed by atoms with Crippen molar-refractivity contribution in [1.82, 2.24) is 0 Å². The molecule has 0 bridgehead atoms. The Balaban J connectivity index is 2.46. The number of hydrogen-bond donors (Lipinski definition) is 1. The molecule has 2 aromatic carbocycles. The van der Waals surface area contributed by atoms with Crippen molar-refractivity contribution in [2.24, 2.45) is 5.73 Å². The molecule has 6 heteroatoms. The van der Waals surface area contributed by atoms with Gasteiger partial charge in [-0.15, -0.1) is 0 Å². The van der Waals surface area contributed by atoms with E-state index in [-0.39, 0.29) is 18.0 Å². The fourth-order valence-corrected chi connectivity index (χ4v) is 1.98. The maximum Gasteiger partial charge on any atom is 0.419 e. The van der Waals surface area contributed by atoms with Crippen LogP contribution in [0.4, 0.5) is 13.2 Å². The Morgan fingerprint density at radius 1 is 1.10 bits per heavy atom. The van der Waals surface area contributed by atoms with Gasteiger partial charge in [-0.25, -0.2) is 0 Å². The van der Waals surface area contributed by atoms with Gasteiger partial charge in [0.1, 0.15) is 11.5 Å². The zero-order valence-corrected chi connectivity index (χ0v) is 11.9. The second-order valence-corrected chi connectivity index (χ2v) is 4.98. The van der Waals surface area contributed by atoms with E-state index in [0.29, 0.717) is 16.1 Å². The summed E-state index contributed by atoms with van der Waals surface area (Å²) in [6.45, 7) is 1.76. The summed E-state index contributed by atoms with van der Waals surface area (Å²) in [7, 11) is 0. The Kier molecular flexibility index (Phi) is 4.44. The molecule has 0 aliphatic heterocycles. The van der Waals surface area contributed by atoms with Gasteiger partial charge in [0.2, 0.25) is 0 Å². The van der Waals surface area contributed by atoms with Gasteiger partial charge in [-0.1, -0.05) is 23.7 Å². The molecule has 0 fully saturated rings. The molecule has 2 nitrogen and oxygen atoms in total. The van der Waals surface area contributed by atoms with Crippen molar-refractivity contribution in [2.75, 3.05) is 0 Å². The second kappa shape index (κ2) is 5.95. The van der Waals surface area contributed by atoms with E-state index in [2.05, 4.69) is 0 Å². The lowest BCUT2D eigenvalue weighted by Gasteiger charge is -2.16. The van der Waals surface area contributed by atoms with Crippen LogP contribution in [0.5, 0.6) is 11.5 Å². The third-order valence-electron chi connectivity index (χ3n) is 2.96. The van der Waals surface area contributed by atoms with E-state index in [1.807, 2.05) is 0 Å². The van der Waals surface area contributed by atoms with Gasteiger partial charge >= 0.3 is 6.18 Å². The Morgan fingerprint density at radius 2 is 1.81 bits per heavy atom. The Labute approximate surface area is 125 Å². The average Bonchev–Trinajstić information content (AvgIpc) is 2.42. The molecular weight excluding hydrogens is 303 g/mol. The molecule has 0 atom stereocenters. The van der Waals surface area contributed by atoms with Crippen molar-refractivity contribution < 1.29 is 17.9 Å². The highest BCUT2D eigenvalue weighted by atomic mass is 35.5. The lowest BCUT2D eigenvalue weighted by atomic mass is 10.1. The minimum Gasteiger partial charge on any atom is -0.456 e. The fourth-order valence-electron chi connectivity index (χ4n) is 1.82. The molecule has 0 aliphatic rings. The third-order valence-corrected chi connectivity index (χ3v) is 3.19. The standard InChI is InChI=1S/C15H13ClF3NO/c1-9-2-4-11(16)7-14(9)21-13-5-3-10(8-20)6-12(13)15(17,18)19/h2-7H,8,20H2,1H3. The molecule has 112 valence electrons. The van der Waals surface area contributed by atoms with Crippen LogP contribution in [0.15, 0.2) is 36.4 Å². The van der Waals surface area contributed by atoms with E-state index in [1.54, 1.807) is 19.1 Å². The smallest absolute Gasteiger partial charge is 0.419 e. The van der Waals surface area contributed by atoms with Gasteiger partial charge in [-0.2, -0.15) is 13.2 Å². The van der Waals surface area contributed by atoms with E-state index < -0.39 is 11.7 Å². The van der Waals surface area contributed by atoms with Crippen molar-refractivity contribution in [1.29, 1.82) is 0 Å². The molecule has 0 radical (unpaired) electrons. The Bertz CT molecular complexity index is 656. The zero-order chi connectivity index (χ0) is 15.6. The molecule has 0 unspecified atom stereocenters. The first-order chi connectivity index (χ1) is 9.81. The summed E-state index contributed by atoms with van der Waals surface area (Å²) in [5, 5.41) is 0.391. The predicted molar refractivity (Wildman–Crippen MR) is 75.6 cm³/mol. The van der Waals surface area contributed by atoms with E-state index in [1.165, 1.54) is 18.2 Å². The third kappa shape index (κ3) is 3.68. The normalized spacial score (nSPS) is 11.5. The summed E-state index contributed by atoms with van der Waals surface area (Å²) in [6.07, 6.45) is -4.52. The second-order valence-electron chi connectivity index (χ2n) is 4.54. The van der Waals surface area contributed by atoms with Crippen LogP contribution in [0.25, 0.3) is 0 Å². The van der Waals surface area contributed by atoms with Crippen molar-refractivity contribution in [3.8, 4) is 11.5 Å². The number of aryl methyl sites for hydroxylation is 1. The molecule has 2 aromatic rings.